The van der Waals surface area contributed by atoms with Crippen molar-refractivity contribution in [1.82, 2.24) is 0 Å². The molecule has 0 aliphatic heterocycles. The van der Waals surface area contributed by atoms with Crippen molar-refractivity contribution in [3.63, 3.8) is 0 Å². The lowest BCUT2D eigenvalue weighted by molar-refractivity contribution is -0.697. The Morgan fingerprint density at radius 3 is 1.95 bits per heavy atom. The molecule has 0 fully saturated rings. The summed E-state index contributed by atoms with van der Waals surface area (Å²) in [6, 6.07) is 21.7. The maximum atomic E-state index is 12.9. The number of ether oxygens (including phenoxy) is 3. The van der Waals surface area contributed by atoms with E-state index in [0.717, 1.165) is 23.2 Å². The van der Waals surface area contributed by atoms with E-state index in [4.69, 9.17) is 14.2 Å². The number of rotatable bonds is 8. The van der Waals surface area contributed by atoms with Crippen LogP contribution >= 0.6 is 0 Å². The number of hydrogen-bond donors (Lipinski definition) is 0. The molecule has 38 heavy (non-hydrogen) atoms. The summed E-state index contributed by atoms with van der Waals surface area (Å²) in [5.41, 5.74) is 4.11. The molecule has 4 rings (SSSR count). The minimum atomic E-state index is -0.471. The van der Waals surface area contributed by atoms with Crippen molar-refractivity contribution < 1.29 is 45.3 Å². The van der Waals surface area contributed by atoms with Gasteiger partial charge in [0, 0.05) is 12.1 Å². The second kappa shape index (κ2) is 13.0. The molecule has 7 heteroatoms. The molecule has 6 nitrogen and oxygen atoms in total. The van der Waals surface area contributed by atoms with Crippen LogP contribution in [0.5, 0.6) is 17.2 Å². The predicted octanol–water partition coefficient (Wildman–Crippen LogP) is 2.73. The lowest BCUT2D eigenvalue weighted by Gasteiger charge is -2.16. The van der Waals surface area contributed by atoms with E-state index in [1.54, 1.807) is 42.5 Å². The summed E-state index contributed by atoms with van der Waals surface area (Å²) < 4.78 is 19.2. The maximum Gasteiger partial charge on any atom is 0.343 e. The lowest BCUT2D eigenvalue weighted by atomic mass is 10.0. The van der Waals surface area contributed by atoms with E-state index in [2.05, 4.69) is 0 Å². The topological polar surface area (TPSA) is 65.7 Å². The summed E-state index contributed by atoms with van der Waals surface area (Å²) in [7, 11) is 0. The zero-order valence-electron chi connectivity index (χ0n) is 21.9. The van der Waals surface area contributed by atoms with Crippen LogP contribution in [0, 0.1) is 27.7 Å². The Morgan fingerprint density at radius 2 is 1.32 bits per heavy atom. The van der Waals surface area contributed by atoms with E-state index in [9.17, 15) is 9.59 Å². The van der Waals surface area contributed by atoms with Crippen molar-refractivity contribution >= 4 is 11.9 Å². The molecule has 0 unspecified atom stereocenters. The summed E-state index contributed by atoms with van der Waals surface area (Å²) in [6.07, 6.45) is 3.96. The number of nitrogens with zero attached hydrogens (tertiary/aromatic N) is 1. The first-order chi connectivity index (χ1) is 17.8. The number of carbonyl (C=O) groups excluding carboxylic acids is 2. The molecule has 0 amide bonds. The van der Waals surface area contributed by atoms with E-state index < -0.39 is 11.9 Å². The van der Waals surface area contributed by atoms with E-state index in [1.807, 2.05) is 75.0 Å². The standard InChI is InChI=1S/C31H30NO5.BrH/c1-21-8-10-25(11-9-21)30(33)36-28-20-22(2)29(24(4)23(28)3)37-31(34)26-12-14-27(15-13-26)35-19-18-32-16-6-5-7-17-32;/h5-17,20H,18-19H2,1-4H3;1H/q+1;/p-1. The lowest BCUT2D eigenvalue weighted by Crippen LogP contribution is -3.00. The number of aryl methyl sites for hydroxylation is 2. The Balaban J connectivity index is 0.00000400. The minimum Gasteiger partial charge on any atom is -1.00 e. The van der Waals surface area contributed by atoms with Gasteiger partial charge in [-0.05, 0) is 86.8 Å². The fourth-order valence-corrected chi connectivity index (χ4v) is 3.82. The van der Waals surface area contributed by atoms with Crippen molar-refractivity contribution in [2.75, 3.05) is 6.61 Å². The second-order valence-corrected chi connectivity index (χ2v) is 8.90. The monoisotopic (exact) mass is 575 g/mol. The Kier molecular flexibility index (Phi) is 9.79. The molecule has 0 spiro atoms. The molecule has 3 aromatic carbocycles. The Morgan fingerprint density at radius 1 is 0.737 bits per heavy atom. The fourth-order valence-electron chi connectivity index (χ4n) is 3.82. The molecule has 1 heterocycles. The first kappa shape index (κ1) is 28.6. The van der Waals surface area contributed by atoms with Gasteiger partial charge in [0.15, 0.2) is 18.9 Å². The highest BCUT2D eigenvalue weighted by molar-refractivity contribution is 5.92. The third kappa shape index (κ3) is 7.07. The van der Waals surface area contributed by atoms with Crippen molar-refractivity contribution in [2.24, 2.45) is 0 Å². The van der Waals surface area contributed by atoms with Gasteiger partial charge in [-0.2, -0.15) is 0 Å². The number of benzene rings is 3. The molecule has 0 aliphatic rings. The minimum absolute atomic E-state index is 0. The van der Waals surface area contributed by atoms with Gasteiger partial charge in [0.05, 0.1) is 11.1 Å². The van der Waals surface area contributed by atoms with Crippen molar-refractivity contribution in [3.8, 4) is 17.2 Å². The average Bonchev–Trinajstić information content (AvgIpc) is 2.91. The molecule has 0 N–H and O–H groups in total. The SMILES string of the molecule is Cc1ccc(C(=O)Oc2cc(C)c(OC(=O)c3ccc(OCC[n+]4ccccc4)cc3)c(C)c2C)cc1.[Br-]. The van der Waals surface area contributed by atoms with Crippen LogP contribution < -0.4 is 35.8 Å². The van der Waals surface area contributed by atoms with Crippen LogP contribution in [0.25, 0.3) is 0 Å². The normalized spacial score (nSPS) is 10.3. The van der Waals surface area contributed by atoms with E-state index >= 15 is 0 Å². The zero-order chi connectivity index (χ0) is 26.4. The number of carbonyl (C=O) groups is 2. The molecule has 196 valence electrons. The summed E-state index contributed by atoms with van der Waals surface area (Å²) in [4.78, 5) is 25.5. The molecular formula is C31H30BrNO5. The molecule has 1 aromatic heterocycles. The number of pyridine rings is 1. The zero-order valence-corrected chi connectivity index (χ0v) is 23.4. The first-order valence-corrected chi connectivity index (χ1v) is 12.1. The third-order valence-corrected chi connectivity index (χ3v) is 6.15. The predicted molar refractivity (Wildman–Crippen MR) is 140 cm³/mol. The molecule has 0 saturated carbocycles. The number of esters is 2. The number of halogens is 1. The summed E-state index contributed by atoms with van der Waals surface area (Å²) in [5.74, 6) is 0.669. The summed E-state index contributed by atoms with van der Waals surface area (Å²) in [5, 5.41) is 0. The molecule has 4 aromatic rings. The van der Waals surface area contributed by atoms with Crippen LogP contribution in [0.4, 0.5) is 0 Å². The largest absolute Gasteiger partial charge is 1.00 e. The number of hydrogen-bond acceptors (Lipinski definition) is 5. The highest BCUT2D eigenvalue weighted by Crippen LogP contribution is 2.34. The van der Waals surface area contributed by atoms with Crippen molar-refractivity contribution in [1.29, 1.82) is 0 Å². The smallest absolute Gasteiger partial charge is 0.343 e. The van der Waals surface area contributed by atoms with E-state index in [0.29, 0.717) is 40.5 Å². The van der Waals surface area contributed by atoms with Gasteiger partial charge in [0.2, 0.25) is 0 Å². The third-order valence-electron chi connectivity index (χ3n) is 6.15. The van der Waals surface area contributed by atoms with Gasteiger partial charge in [-0.3, -0.25) is 0 Å². The van der Waals surface area contributed by atoms with Crippen LogP contribution in [0.3, 0.4) is 0 Å². The van der Waals surface area contributed by atoms with Crippen molar-refractivity contribution in [3.05, 3.63) is 119 Å². The van der Waals surface area contributed by atoms with Crippen LogP contribution in [0.2, 0.25) is 0 Å². The van der Waals surface area contributed by atoms with Crippen LogP contribution in [0.15, 0.2) is 85.2 Å². The Bertz CT molecular complexity index is 1400. The summed E-state index contributed by atoms with van der Waals surface area (Å²) >= 11 is 0. The highest BCUT2D eigenvalue weighted by Gasteiger charge is 2.19. The maximum absolute atomic E-state index is 12.9. The molecule has 0 saturated heterocycles. The van der Waals surface area contributed by atoms with E-state index in [1.165, 1.54) is 0 Å². The van der Waals surface area contributed by atoms with Crippen LogP contribution in [0.1, 0.15) is 43.0 Å². The van der Waals surface area contributed by atoms with Crippen molar-refractivity contribution in [2.45, 2.75) is 34.2 Å². The van der Waals surface area contributed by atoms with Gasteiger partial charge >= 0.3 is 11.9 Å². The van der Waals surface area contributed by atoms with Gasteiger partial charge in [-0.1, -0.05) is 23.8 Å². The average molecular weight is 576 g/mol. The Hall–Kier alpha value is -3.97. The second-order valence-electron chi connectivity index (χ2n) is 8.90. The first-order valence-electron chi connectivity index (χ1n) is 12.1. The number of aromatic nitrogens is 1. The van der Waals surface area contributed by atoms with Gasteiger partial charge in [0.25, 0.3) is 0 Å². The molecule has 0 aliphatic carbocycles. The fraction of sp³-hybridized carbons (Fsp3) is 0.194. The van der Waals surface area contributed by atoms with Crippen LogP contribution in [-0.2, 0) is 6.54 Å². The quantitative estimate of drug-likeness (QED) is 0.184. The summed E-state index contributed by atoms with van der Waals surface area (Å²) in [6.45, 7) is 8.69. The highest BCUT2D eigenvalue weighted by atomic mass is 79.9. The molecule has 0 atom stereocenters. The molecule has 0 radical (unpaired) electrons. The van der Waals surface area contributed by atoms with Gasteiger partial charge < -0.3 is 31.2 Å². The van der Waals surface area contributed by atoms with Gasteiger partial charge in [-0.15, -0.1) is 0 Å². The molecular weight excluding hydrogens is 546 g/mol. The Labute approximate surface area is 233 Å². The van der Waals surface area contributed by atoms with Gasteiger partial charge in [-0.25, -0.2) is 14.2 Å². The van der Waals surface area contributed by atoms with Crippen LogP contribution in [-0.4, -0.2) is 18.5 Å². The van der Waals surface area contributed by atoms with Gasteiger partial charge in [0.1, 0.15) is 23.9 Å². The molecule has 0 bridgehead atoms. The van der Waals surface area contributed by atoms with E-state index in [-0.39, 0.29) is 17.0 Å².